The summed E-state index contributed by atoms with van der Waals surface area (Å²) in [5, 5.41) is 9.36. The van der Waals surface area contributed by atoms with Crippen LogP contribution in [0, 0.1) is 13.8 Å². The van der Waals surface area contributed by atoms with Crippen LogP contribution in [0.15, 0.2) is 12.1 Å². The van der Waals surface area contributed by atoms with Gasteiger partial charge in [-0.1, -0.05) is 6.07 Å². The standard InChI is InChI=1S/C15H23NO2/c1-11-8-15(18-3)12(2)7-13(11)9-16-6-4-5-14(16)10-17/h7-8,14,17H,4-6,9-10H2,1-3H3. The molecule has 0 bridgehead atoms. The van der Waals surface area contributed by atoms with Crippen molar-refractivity contribution in [2.45, 2.75) is 39.3 Å². The molecule has 3 nitrogen and oxygen atoms in total. The number of likely N-dealkylation sites (tertiary alicyclic amines) is 1. The summed E-state index contributed by atoms with van der Waals surface area (Å²) in [6.07, 6.45) is 2.31. The number of hydrogen-bond donors (Lipinski definition) is 1. The summed E-state index contributed by atoms with van der Waals surface area (Å²) >= 11 is 0. The Morgan fingerprint density at radius 1 is 1.33 bits per heavy atom. The summed E-state index contributed by atoms with van der Waals surface area (Å²) in [7, 11) is 1.71. The first kappa shape index (κ1) is 13.4. The van der Waals surface area contributed by atoms with Crippen molar-refractivity contribution in [1.82, 2.24) is 4.90 Å². The van der Waals surface area contributed by atoms with Crippen molar-refractivity contribution in [3.63, 3.8) is 0 Å². The van der Waals surface area contributed by atoms with E-state index in [2.05, 4.69) is 30.9 Å². The molecule has 1 aromatic rings. The van der Waals surface area contributed by atoms with Gasteiger partial charge in [-0.05, 0) is 56.0 Å². The zero-order valence-electron chi connectivity index (χ0n) is 11.6. The van der Waals surface area contributed by atoms with Crippen molar-refractivity contribution in [2.24, 2.45) is 0 Å². The van der Waals surface area contributed by atoms with Gasteiger partial charge in [0.15, 0.2) is 0 Å². The van der Waals surface area contributed by atoms with Crippen LogP contribution in [0.2, 0.25) is 0 Å². The molecule has 0 saturated carbocycles. The Hall–Kier alpha value is -1.06. The van der Waals surface area contributed by atoms with Gasteiger partial charge in [0, 0.05) is 12.6 Å². The van der Waals surface area contributed by atoms with Crippen molar-refractivity contribution in [2.75, 3.05) is 20.3 Å². The molecule has 0 spiro atoms. The second-order valence-corrected chi connectivity index (χ2v) is 5.20. The highest BCUT2D eigenvalue weighted by Crippen LogP contribution is 2.26. The highest BCUT2D eigenvalue weighted by Gasteiger charge is 2.24. The van der Waals surface area contributed by atoms with E-state index in [9.17, 15) is 5.11 Å². The molecule has 1 atom stereocenters. The third-order valence-electron chi connectivity index (χ3n) is 3.94. The number of hydrogen-bond acceptors (Lipinski definition) is 3. The normalized spacial score (nSPS) is 20.3. The molecule has 2 rings (SSSR count). The van der Waals surface area contributed by atoms with Gasteiger partial charge in [-0.3, -0.25) is 4.90 Å². The first-order valence-corrected chi connectivity index (χ1v) is 6.64. The van der Waals surface area contributed by atoms with Crippen molar-refractivity contribution in [1.29, 1.82) is 0 Å². The quantitative estimate of drug-likeness (QED) is 0.888. The van der Waals surface area contributed by atoms with Gasteiger partial charge in [0.05, 0.1) is 13.7 Å². The molecular weight excluding hydrogens is 226 g/mol. The van der Waals surface area contributed by atoms with Gasteiger partial charge in [0.1, 0.15) is 5.75 Å². The Kier molecular flexibility index (Phi) is 4.25. The van der Waals surface area contributed by atoms with Crippen molar-refractivity contribution in [3.05, 3.63) is 28.8 Å². The van der Waals surface area contributed by atoms with E-state index >= 15 is 0 Å². The third kappa shape index (κ3) is 2.68. The third-order valence-corrected chi connectivity index (χ3v) is 3.94. The fourth-order valence-electron chi connectivity index (χ4n) is 2.77. The van der Waals surface area contributed by atoms with Crippen LogP contribution in [0.3, 0.4) is 0 Å². The lowest BCUT2D eigenvalue weighted by molar-refractivity contribution is 0.153. The van der Waals surface area contributed by atoms with Crippen LogP contribution < -0.4 is 4.74 Å². The molecule has 1 N–H and O–H groups in total. The van der Waals surface area contributed by atoms with Gasteiger partial charge in [-0.15, -0.1) is 0 Å². The van der Waals surface area contributed by atoms with Crippen LogP contribution in [-0.4, -0.2) is 36.3 Å². The molecule has 1 unspecified atom stereocenters. The Bertz CT molecular complexity index is 417. The van der Waals surface area contributed by atoms with E-state index < -0.39 is 0 Å². The molecule has 100 valence electrons. The monoisotopic (exact) mass is 249 g/mol. The van der Waals surface area contributed by atoms with Crippen LogP contribution in [-0.2, 0) is 6.54 Å². The molecule has 1 saturated heterocycles. The zero-order valence-corrected chi connectivity index (χ0v) is 11.6. The van der Waals surface area contributed by atoms with Gasteiger partial charge in [0.2, 0.25) is 0 Å². The maximum atomic E-state index is 9.36. The second-order valence-electron chi connectivity index (χ2n) is 5.20. The zero-order chi connectivity index (χ0) is 13.1. The fraction of sp³-hybridized carbons (Fsp3) is 0.600. The molecule has 0 radical (unpaired) electrons. The highest BCUT2D eigenvalue weighted by molar-refractivity contribution is 5.41. The average molecular weight is 249 g/mol. The molecule has 1 aliphatic rings. The van der Waals surface area contributed by atoms with Gasteiger partial charge in [0.25, 0.3) is 0 Å². The number of benzene rings is 1. The Balaban J connectivity index is 2.16. The number of ether oxygens (including phenoxy) is 1. The Morgan fingerprint density at radius 3 is 2.78 bits per heavy atom. The maximum Gasteiger partial charge on any atom is 0.122 e. The number of aryl methyl sites for hydroxylation is 2. The highest BCUT2D eigenvalue weighted by atomic mass is 16.5. The lowest BCUT2D eigenvalue weighted by atomic mass is 10.0. The van der Waals surface area contributed by atoms with E-state index in [4.69, 9.17) is 4.74 Å². The molecule has 1 heterocycles. The average Bonchev–Trinajstić information content (AvgIpc) is 2.80. The molecule has 0 aliphatic carbocycles. The molecule has 1 fully saturated rings. The Labute approximate surface area is 109 Å². The van der Waals surface area contributed by atoms with Gasteiger partial charge in [-0.2, -0.15) is 0 Å². The minimum Gasteiger partial charge on any atom is -0.496 e. The first-order valence-electron chi connectivity index (χ1n) is 6.64. The fourth-order valence-corrected chi connectivity index (χ4v) is 2.77. The van der Waals surface area contributed by atoms with E-state index in [1.807, 2.05) is 0 Å². The second kappa shape index (κ2) is 5.72. The van der Waals surface area contributed by atoms with E-state index in [1.165, 1.54) is 23.1 Å². The van der Waals surface area contributed by atoms with Crippen LogP contribution in [0.1, 0.15) is 29.5 Å². The van der Waals surface area contributed by atoms with Gasteiger partial charge < -0.3 is 9.84 Å². The summed E-state index contributed by atoms with van der Waals surface area (Å²) in [4.78, 5) is 2.38. The largest absolute Gasteiger partial charge is 0.496 e. The summed E-state index contributed by atoms with van der Waals surface area (Å²) in [6, 6.07) is 4.65. The lowest BCUT2D eigenvalue weighted by Gasteiger charge is -2.24. The van der Waals surface area contributed by atoms with E-state index in [-0.39, 0.29) is 6.61 Å². The van der Waals surface area contributed by atoms with Crippen LogP contribution >= 0.6 is 0 Å². The molecule has 18 heavy (non-hydrogen) atoms. The van der Waals surface area contributed by atoms with Crippen molar-refractivity contribution < 1.29 is 9.84 Å². The van der Waals surface area contributed by atoms with Crippen molar-refractivity contribution in [3.8, 4) is 5.75 Å². The summed E-state index contributed by atoms with van der Waals surface area (Å²) in [5.41, 5.74) is 3.78. The number of aliphatic hydroxyl groups is 1. The summed E-state index contributed by atoms with van der Waals surface area (Å²) in [6.45, 7) is 6.50. The van der Waals surface area contributed by atoms with Crippen molar-refractivity contribution >= 4 is 0 Å². The topological polar surface area (TPSA) is 32.7 Å². The molecule has 0 aromatic heterocycles. The predicted molar refractivity (Wildman–Crippen MR) is 73.0 cm³/mol. The molecular formula is C15H23NO2. The smallest absolute Gasteiger partial charge is 0.122 e. The molecule has 1 aromatic carbocycles. The summed E-state index contributed by atoms with van der Waals surface area (Å²) in [5.74, 6) is 0.955. The van der Waals surface area contributed by atoms with Crippen LogP contribution in [0.25, 0.3) is 0 Å². The van der Waals surface area contributed by atoms with Gasteiger partial charge in [-0.25, -0.2) is 0 Å². The van der Waals surface area contributed by atoms with E-state index in [0.29, 0.717) is 6.04 Å². The van der Waals surface area contributed by atoms with Crippen LogP contribution in [0.5, 0.6) is 5.75 Å². The van der Waals surface area contributed by atoms with Crippen LogP contribution in [0.4, 0.5) is 0 Å². The molecule has 1 aliphatic heterocycles. The Morgan fingerprint density at radius 2 is 2.11 bits per heavy atom. The van der Waals surface area contributed by atoms with E-state index in [0.717, 1.165) is 25.3 Å². The number of aliphatic hydroxyl groups excluding tert-OH is 1. The number of methoxy groups -OCH3 is 1. The SMILES string of the molecule is COc1cc(C)c(CN2CCCC2CO)cc1C. The predicted octanol–water partition coefficient (Wildman–Crippen LogP) is 2.27. The molecule has 0 amide bonds. The lowest BCUT2D eigenvalue weighted by Crippen LogP contribution is -2.31. The van der Waals surface area contributed by atoms with Gasteiger partial charge >= 0.3 is 0 Å². The molecule has 3 heteroatoms. The number of rotatable bonds is 4. The summed E-state index contributed by atoms with van der Waals surface area (Å²) < 4.78 is 5.34. The maximum absolute atomic E-state index is 9.36. The van der Waals surface area contributed by atoms with E-state index in [1.54, 1.807) is 7.11 Å². The number of nitrogens with zero attached hydrogens (tertiary/aromatic N) is 1. The minimum absolute atomic E-state index is 0.272. The first-order chi connectivity index (χ1) is 8.65. The minimum atomic E-state index is 0.272.